The average molecular weight is 167 g/mol. The van der Waals surface area contributed by atoms with Crippen molar-refractivity contribution >= 4 is 5.69 Å². The molecule has 0 spiro atoms. The third-order valence-electron chi connectivity index (χ3n) is 2.15. The lowest BCUT2D eigenvalue weighted by Gasteiger charge is -2.35. The van der Waals surface area contributed by atoms with E-state index in [1.54, 1.807) is 12.3 Å². The number of nitrogens with one attached hydrogen (secondary N) is 1. The van der Waals surface area contributed by atoms with Crippen LogP contribution in [-0.2, 0) is 5.67 Å². The van der Waals surface area contributed by atoms with Gasteiger partial charge in [0.1, 0.15) is 0 Å². The lowest BCUT2D eigenvalue weighted by Crippen LogP contribution is -2.54. The van der Waals surface area contributed by atoms with Gasteiger partial charge in [0.05, 0.1) is 0 Å². The summed E-state index contributed by atoms with van der Waals surface area (Å²) in [5, 5.41) is 2.87. The van der Waals surface area contributed by atoms with Crippen LogP contribution in [0.1, 0.15) is 5.56 Å². The zero-order valence-corrected chi connectivity index (χ0v) is 6.55. The summed E-state index contributed by atoms with van der Waals surface area (Å²) in [6.07, 6.45) is 3.06. The van der Waals surface area contributed by atoms with Crippen LogP contribution < -0.4 is 11.1 Å². The Morgan fingerprint density at radius 1 is 1.58 bits per heavy atom. The number of nitrogens with two attached hydrogens (primary N) is 1. The highest BCUT2D eigenvalue weighted by Crippen LogP contribution is 2.32. The van der Waals surface area contributed by atoms with Gasteiger partial charge in [-0.1, -0.05) is 0 Å². The first-order valence-electron chi connectivity index (χ1n) is 3.82. The number of alkyl halides is 1. The molecule has 0 radical (unpaired) electrons. The quantitative estimate of drug-likeness (QED) is 0.637. The Morgan fingerprint density at radius 2 is 2.33 bits per heavy atom. The first-order valence-corrected chi connectivity index (χ1v) is 3.82. The molecule has 0 aliphatic carbocycles. The molecule has 64 valence electrons. The molecule has 3 N–H and O–H groups in total. The summed E-state index contributed by atoms with van der Waals surface area (Å²) >= 11 is 0. The van der Waals surface area contributed by atoms with Crippen molar-refractivity contribution in [2.24, 2.45) is 0 Å². The first-order chi connectivity index (χ1) is 5.72. The van der Waals surface area contributed by atoms with Crippen LogP contribution in [0.4, 0.5) is 10.1 Å². The van der Waals surface area contributed by atoms with Gasteiger partial charge in [-0.15, -0.1) is 0 Å². The molecule has 0 saturated carbocycles. The van der Waals surface area contributed by atoms with Crippen molar-refractivity contribution in [3.05, 3.63) is 24.0 Å². The SMILES string of the molecule is Nc1ccncc1C1(F)CNC1. The smallest absolute Gasteiger partial charge is 0.164 e. The van der Waals surface area contributed by atoms with E-state index in [-0.39, 0.29) is 0 Å². The molecule has 1 aromatic heterocycles. The van der Waals surface area contributed by atoms with E-state index in [0.29, 0.717) is 24.3 Å². The molecule has 1 saturated heterocycles. The van der Waals surface area contributed by atoms with Crippen molar-refractivity contribution in [1.82, 2.24) is 10.3 Å². The van der Waals surface area contributed by atoms with Gasteiger partial charge >= 0.3 is 0 Å². The zero-order chi connectivity index (χ0) is 8.60. The van der Waals surface area contributed by atoms with E-state index in [2.05, 4.69) is 10.3 Å². The van der Waals surface area contributed by atoms with E-state index in [0.717, 1.165) is 0 Å². The number of hydrogen-bond acceptors (Lipinski definition) is 3. The largest absolute Gasteiger partial charge is 0.398 e. The van der Waals surface area contributed by atoms with Crippen LogP contribution in [-0.4, -0.2) is 18.1 Å². The molecule has 0 bridgehead atoms. The Hall–Kier alpha value is -1.16. The van der Waals surface area contributed by atoms with Crippen molar-refractivity contribution in [1.29, 1.82) is 0 Å². The summed E-state index contributed by atoms with van der Waals surface area (Å²) < 4.78 is 13.7. The molecule has 2 rings (SSSR count). The maximum absolute atomic E-state index is 13.7. The van der Waals surface area contributed by atoms with E-state index >= 15 is 0 Å². The highest BCUT2D eigenvalue weighted by atomic mass is 19.1. The highest BCUT2D eigenvalue weighted by Gasteiger charge is 2.40. The van der Waals surface area contributed by atoms with Crippen molar-refractivity contribution in [3.63, 3.8) is 0 Å². The summed E-state index contributed by atoms with van der Waals surface area (Å²) in [4.78, 5) is 3.85. The van der Waals surface area contributed by atoms with E-state index < -0.39 is 5.67 Å². The van der Waals surface area contributed by atoms with Crippen molar-refractivity contribution in [3.8, 4) is 0 Å². The number of rotatable bonds is 1. The Morgan fingerprint density at radius 3 is 2.83 bits per heavy atom. The fraction of sp³-hybridized carbons (Fsp3) is 0.375. The van der Waals surface area contributed by atoms with Gasteiger partial charge in [0.2, 0.25) is 0 Å². The molecule has 2 heterocycles. The maximum Gasteiger partial charge on any atom is 0.164 e. The molecule has 3 nitrogen and oxygen atoms in total. The monoisotopic (exact) mass is 167 g/mol. The predicted molar refractivity (Wildman–Crippen MR) is 44.3 cm³/mol. The van der Waals surface area contributed by atoms with Gasteiger partial charge in [-0.05, 0) is 6.07 Å². The van der Waals surface area contributed by atoms with Gasteiger partial charge in [0.25, 0.3) is 0 Å². The molecular weight excluding hydrogens is 157 g/mol. The van der Waals surface area contributed by atoms with E-state index in [1.165, 1.54) is 6.20 Å². The molecular formula is C8H10FN3. The minimum absolute atomic E-state index is 0.336. The summed E-state index contributed by atoms with van der Waals surface area (Å²) in [6, 6.07) is 1.62. The Balaban J connectivity index is 2.39. The minimum atomic E-state index is -1.29. The Bertz CT molecular complexity index is 296. The molecule has 1 aliphatic rings. The lowest BCUT2D eigenvalue weighted by molar-refractivity contribution is 0.0896. The molecule has 0 amide bonds. The molecule has 0 atom stereocenters. The molecule has 4 heteroatoms. The second kappa shape index (κ2) is 2.42. The number of anilines is 1. The molecule has 1 fully saturated rings. The molecule has 0 unspecified atom stereocenters. The van der Waals surface area contributed by atoms with Gasteiger partial charge in [-0.2, -0.15) is 0 Å². The minimum Gasteiger partial charge on any atom is -0.398 e. The van der Waals surface area contributed by atoms with Crippen LogP contribution in [0.3, 0.4) is 0 Å². The van der Waals surface area contributed by atoms with Crippen LogP contribution in [0.25, 0.3) is 0 Å². The van der Waals surface area contributed by atoms with Gasteiger partial charge in [0, 0.05) is 36.7 Å². The molecule has 12 heavy (non-hydrogen) atoms. The number of aromatic nitrogens is 1. The van der Waals surface area contributed by atoms with Gasteiger partial charge in [-0.25, -0.2) is 4.39 Å². The van der Waals surface area contributed by atoms with Crippen molar-refractivity contribution in [2.45, 2.75) is 5.67 Å². The third-order valence-corrected chi connectivity index (χ3v) is 2.15. The lowest BCUT2D eigenvalue weighted by atomic mass is 9.90. The summed E-state index contributed by atoms with van der Waals surface area (Å²) in [5.41, 5.74) is 5.30. The van der Waals surface area contributed by atoms with Crippen LogP contribution in [0.15, 0.2) is 18.5 Å². The Labute approximate surface area is 69.8 Å². The fourth-order valence-electron chi connectivity index (χ4n) is 1.31. The molecule has 0 aromatic carbocycles. The normalized spacial score (nSPS) is 20.1. The van der Waals surface area contributed by atoms with Gasteiger partial charge < -0.3 is 11.1 Å². The summed E-state index contributed by atoms with van der Waals surface area (Å²) in [6.45, 7) is 0.672. The first kappa shape index (κ1) is 7.49. The maximum atomic E-state index is 13.7. The van der Waals surface area contributed by atoms with E-state index in [9.17, 15) is 4.39 Å². The molecule has 1 aliphatic heterocycles. The number of nitrogen functional groups attached to an aromatic ring is 1. The van der Waals surface area contributed by atoms with Crippen molar-refractivity contribution < 1.29 is 4.39 Å². The van der Waals surface area contributed by atoms with Gasteiger partial charge in [-0.3, -0.25) is 4.98 Å². The van der Waals surface area contributed by atoms with Crippen LogP contribution >= 0.6 is 0 Å². The van der Waals surface area contributed by atoms with Crippen LogP contribution in [0, 0.1) is 0 Å². The predicted octanol–water partition coefficient (Wildman–Crippen LogP) is 0.432. The average Bonchev–Trinajstić information content (AvgIpc) is 2.01. The Kier molecular flexibility index (Phi) is 1.51. The second-order valence-corrected chi connectivity index (χ2v) is 3.03. The summed E-state index contributed by atoms with van der Waals surface area (Å²) in [7, 11) is 0. The summed E-state index contributed by atoms with van der Waals surface area (Å²) in [5.74, 6) is 0. The topological polar surface area (TPSA) is 50.9 Å². The molecule has 1 aromatic rings. The van der Waals surface area contributed by atoms with E-state index in [1.807, 2.05) is 0 Å². The number of hydrogen-bond donors (Lipinski definition) is 2. The standard InChI is InChI=1S/C8H10FN3/c9-8(4-12-5-8)6-3-11-2-1-7(6)10/h1-3,12H,4-5H2,(H2,10,11). The number of nitrogens with zero attached hydrogens (tertiary/aromatic N) is 1. The van der Waals surface area contributed by atoms with Crippen LogP contribution in [0.2, 0.25) is 0 Å². The highest BCUT2D eigenvalue weighted by molar-refractivity contribution is 5.49. The zero-order valence-electron chi connectivity index (χ0n) is 6.55. The van der Waals surface area contributed by atoms with E-state index in [4.69, 9.17) is 5.73 Å². The fourth-order valence-corrected chi connectivity index (χ4v) is 1.31. The van der Waals surface area contributed by atoms with Gasteiger partial charge in [0.15, 0.2) is 5.67 Å². The number of pyridine rings is 1. The van der Waals surface area contributed by atoms with Crippen LogP contribution in [0.5, 0.6) is 0 Å². The second-order valence-electron chi connectivity index (χ2n) is 3.03. The van der Waals surface area contributed by atoms with Crippen molar-refractivity contribution in [2.75, 3.05) is 18.8 Å². The number of halogens is 1. The third kappa shape index (κ3) is 0.956.